The first-order valence-electron chi connectivity index (χ1n) is 5.76. The SMILES string of the molecule is CC(F)CN1CCC(C(C)(C)C)CC1. The van der Waals surface area contributed by atoms with E-state index in [-0.39, 0.29) is 0 Å². The van der Waals surface area contributed by atoms with Crippen LogP contribution < -0.4 is 0 Å². The summed E-state index contributed by atoms with van der Waals surface area (Å²) in [4.78, 5) is 2.26. The minimum atomic E-state index is -0.679. The minimum Gasteiger partial charge on any atom is -0.300 e. The van der Waals surface area contributed by atoms with Crippen LogP contribution in [0.15, 0.2) is 0 Å². The highest BCUT2D eigenvalue weighted by Crippen LogP contribution is 2.34. The van der Waals surface area contributed by atoms with Gasteiger partial charge in [0.05, 0.1) is 0 Å². The van der Waals surface area contributed by atoms with Gasteiger partial charge in [0.15, 0.2) is 0 Å². The third-order valence-electron chi connectivity index (χ3n) is 3.32. The molecule has 0 radical (unpaired) electrons. The Balaban J connectivity index is 2.31. The van der Waals surface area contributed by atoms with Gasteiger partial charge in [-0.25, -0.2) is 4.39 Å². The molecule has 1 aliphatic heterocycles. The van der Waals surface area contributed by atoms with E-state index in [2.05, 4.69) is 25.7 Å². The van der Waals surface area contributed by atoms with Crippen LogP contribution >= 0.6 is 0 Å². The predicted octanol–water partition coefficient (Wildman–Crippen LogP) is 3.10. The summed E-state index contributed by atoms with van der Waals surface area (Å²) >= 11 is 0. The molecule has 1 atom stereocenters. The molecule has 0 aromatic carbocycles. The van der Waals surface area contributed by atoms with Crippen molar-refractivity contribution in [2.75, 3.05) is 19.6 Å². The highest BCUT2D eigenvalue weighted by atomic mass is 19.1. The Labute approximate surface area is 87.7 Å². The van der Waals surface area contributed by atoms with Crippen molar-refractivity contribution in [3.63, 3.8) is 0 Å². The minimum absolute atomic E-state index is 0.424. The second kappa shape index (κ2) is 4.61. The number of alkyl halides is 1. The summed E-state index contributed by atoms with van der Waals surface area (Å²) in [6.07, 6.45) is 1.79. The lowest BCUT2D eigenvalue weighted by Crippen LogP contribution is -2.40. The normalized spacial score (nSPS) is 23.8. The molecule has 14 heavy (non-hydrogen) atoms. The molecular formula is C12H24FN. The van der Waals surface area contributed by atoms with Crippen molar-refractivity contribution >= 4 is 0 Å². The van der Waals surface area contributed by atoms with Crippen LogP contribution in [0.4, 0.5) is 4.39 Å². The lowest BCUT2D eigenvalue weighted by Gasteiger charge is -2.38. The van der Waals surface area contributed by atoms with Gasteiger partial charge in [-0.3, -0.25) is 0 Å². The van der Waals surface area contributed by atoms with E-state index in [1.807, 2.05) is 0 Å². The Hall–Kier alpha value is -0.110. The van der Waals surface area contributed by atoms with E-state index in [9.17, 15) is 4.39 Å². The molecule has 2 heteroatoms. The fourth-order valence-electron chi connectivity index (χ4n) is 2.34. The Morgan fingerprint density at radius 2 is 1.79 bits per heavy atom. The third kappa shape index (κ3) is 3.56. The van der Waals surface area contributed by atoms with Gasteiger partial charge in [-0.05, 0) is 44.2 Å². The van der Waals surface area contributed by atoms with E-state index >= 15 is 0 Å². The van der Waals surface area contributed by atoms with E-state index in [0.29, 0.717) is 12.0 Å². The van der Waals surface area contributed by atoms with Gasteiger partial charge in [0.1, 0.15) is 6.17 Å². The Morgan fingerprint density at radius 1 is 1.29 bits per heavy atom. The highest BCUT2D eigenvalue weighted by Gasteiger charge is 2.28. The second-order valence-corrected chi connectivity index (χ2v) is 5.72. The first kappa shape index (κ1) is 12.0. The standard InChI is InChI=1S/C12H24FN/c1-10(13)9-14-7-5-11(6-8-14)12(2,3)4/h10-11H,5-9H2,1-4H3. The Bertz CT molecular complexity index is 164. The van der Waals surface area contributed by atoms with Crippen molar-refractivity contribution in [3.8, 4) is 0 Å². The van der Waals surface area contributed by atoms with Gasteiger partial charge in [0, 0.05) is 6.54 Å². The summed E-state index contributed by atoms with van der Waals surface area (Å²) in [5, 5.41) is 0. The molecule has 84 valence electrons. The van der Waals surface area contributed by atoms with Crippen LogP contribution in [0.25, 0.3) is 0 Å². The van der Waals surface area contributed by atoms with Crippen LogP contribution in [-0.4, -0.2) is 30.7 Å². The summed E-state index contributed by atoms with van der Waals surface area (Å²) in [6.45, 7) is 11.4. The molecule has 1 heterocycles. The maximum absolute atomic E-state index is 12.8. The average Bonchev–Trinajstić information content (AvgIpc) is 2.02. The van der Waals surface area contributed by atoms with Crippen LogP contribution in [0.2, 0.25) is 0 Å². The molecule has 1 aliphatic rings. The van der Waals surface area contributed by atoms with Gasteiger partial charge in [0.2, 0.25) is 0 Å². The van der Waals surface area contributed by atoms with E-state index in [1.165, 1.54) is 12.8 Å². The van der Waals surface area contributed by atoms with Gasteiger partial charge in [-0.1, -0.05) is 20.8 Å². The zero-order valence-electron chi connectivity index (χ0n) is 10.0. The summed E-state index contributed by atoms with van der Waals surface area (Å²) in [7, 11) is 0. The van der Waals surface area contributed by atoms with E-state index in [4.69, 9.17) is 0 Å². The molecule has 0 aromatic rings. The first-order chi connectivity index (χ1) is 6.39. The van der Waals surface area contributed by atoms with Crippen LogP contribution in [-0.2, 0) is 0 Å². The van der Waals surface area contributed by atoms with Crippen molar-refractivity contribution in [1.29, 1.82) is 0 Å². The summed E-state index contributed by atoms with van der Waals surface area (Å²) in [5.74, 6) is 0.814. The molecule has 0 bridgehead atoms. The van der Waals surface area contributed by atoms with Gasteiger partial charge >= 0.3 is 0 Å². The summed E-state index contributed by atoms with van der Waals surface area (Å²) in [5.41, 5.74) is 0.424. The molecule has 0 aliphatic carbocycles. The number of hydrogen-bond donors (Lipinski definition) is 0. The number of halogens is 1. The Morgan fingerprint density at radius 3 is 2.14 bits per heavy atom. The highest BCUT2D eigenvalue weighted by molar-refractivity contribution is 4.81. The molecule has 1 rings (SSSR count). The fraction of sp³-hybridized carbons (Fsp3) is 1.00. The second-order valence-electron chi connectivity index (χ2n) is 5.72. The number of rotatable bonds is 2. The van der Waals surface area contributed by atoms with Crippen LogP contribution in [0.3, 0.4) is 0 Å². The average molecular weight is 201 g/mol. The number of piperidine rings is 1. The largest absolute Gasteiger partial charge is 0.300 e. The van der Waals surface area contributed by atoms with E-state index in [0.717, 1.165) is 19.0 Å². The molecular weight excluding hydrogens is 177 g/mol. The zero-order chi connectivity index (χ0) is 10.8. The fourth-order valence-corrected chi connectivity index (χ4v) is 2.34. The zero-order valence-corrected chi connectivity index (χ0v) is 10.0. The number of likely N-dealkylation sites (tertiary alicyclic amines) is 1. The summed E-state index contributed by atoms with van der Waals surface area (Å²) < 4.78 is 12.8. The monoisotopic (exact) mass is 201 g/mol. The first-order valence-corrected chi connectivity index (χ1v) is 5.76. The maximum Gasteiger partial charge on any atom is 0.110 e. The van der Waals surface area contributed by atoms with Crippen LogP contribution in [0.5, 0.6) is 0 Å². The van der Waals surface area contributed by atoms with Crippen molar-refractivity contribution in [3.05, 3.63) is 0 Å². The van der Waals surface area contributed by atoms with Gasteiger partial charge in [-0.15, -0.1) is 0 Å². The molecule has 1 fully saturated rings. The van der Waals surface area contributed by atoms with Crippen LogP contribution in [0, 0.1) is 11.3 Å². The number of hydrogen-bond acceptors (Lipinski definition) is 1. The summed E-state index contributed by atoms with van der Waals surface area (Å²) in [6, 6.07) is 0. The lowest BCUT2D eigenvalue weighted by molar-refractivity contribution is 0.0959. The maximum atomic E-state index is 12.8. The van der Waals surface area contributed by atoms with Crippen LogP contribution in [0.1, 0.15) is 40.5 Å². The number of nitrogens with zero attached hydrogens (tertiary/aromatic N) is 1. The molecule has 1 nitrogen and oxygen atoms in total. The van der Waals surface area contributed by atoms with E-state index < -0.39 is 6.17 Å². The van der Waals surface area contributed by atoms with Crippen molar-refractivity contribution in [2.45, 2.75) is 46.7 Å². The smallest absolute Gasteiger partial charge is 0.110 e. The van der Waals surface area contributed by atoms with E-state index in [1.54, 1.807) is 6.92 Å². The van der Waals surface area contributed by atoms with Crippen molar-refractivity contribution in [2.24, 2.45) is 11.3 Å². The predicted molar refractivity (Wildman–Crippen MR) is 59.2 cm³/mol. The molecule has 0 N–H and O–H groups in total. The van der Waals surface area contributed by atoms with Gasteiger partial charge < -0.3 is 4.90 Å². The molecule has 1 saturated heterocycles. The lowest BCUT2D eigenvalue weighted by atomic mass is 9.75. The molecule has 0 amide bonds. The molecule has 0 aromatic heterocycles. The Kier molecular flexibility index (Phi) is 3.94. The van der Waals surface area contributed by atoms with Gasteiger partial charge in [0.25, 0.3) is 0 Å². The molecule has 0 spiro atoms. The topological polar surface area (TPSA) is 3.24 Å². The van der Waals surface area contributed by atoms with Crippen molar-refractivity contribution < 1.29 is 4.39 Å². The quantitative estimate of drug-likeness (QED) is 0.663. The molecule has 1 unspecified atom stereocenters. The molecule has 0 saturated carbocycles. The third-order valence-corrected chi connectivity index (χ3v) is 3.32. The van der Waals surface area contributed by atoms with Crippen molar-refractivity contribution in [1.82, 2.24) is 4.90 Å². The van der Waals surface area contributed by atoms with Gasteiger partial charge in [-0.2, -0.15) is 0 Å².